The van der Waals surface area contributed by atoms with Gasteiger partial charge in [0.25, 0.3) is 0 Å². The molecule has 0 aliphatic rings. The second-order valence-electron chi connectivity index (χ2n) is 5.54. The Kier molecular flexibility index (Phi) is 7.01. The Hall–Kier alpha value is -1.62. The molecule has 0 heterocycles. The number of hydrogen-bond donors (Lipinski definition) is 0. The van der Waals surface area contributed by atoms with E-state index in [9.17, 15) is 10.1 Å². The molecule has 0 aromatic heterocycles. The lowest BCUT2D eigenvalue weighted by Gasteiger charge is -2.10. The molecule has 0 N–H and O–H groups in total. The third-order valence-corrected chi connectivity index (χ3v) is 3.84. The van der Waals surface area contributed by atoms with Crippen LogP contribution in [0.25, 0.3) is 0 Å². The normalized spacial score (nSPS) is 11.9. The van der Waals surface area contributed by atoms with E-state index in [1.807, 2.05) is 32.0 Å². The lowest BCUT2D eigenvalue weighted by atomic mass is 9.91. The Morgan fingerprint density at radius 1 is 1.15 bits per heavy atom. The van der Waals surface area contributed by atoms with Gasteiger partial charge in [-0.1, -0.05) is 50.8 Å². The first-order chi connectivity index (χ1) is 9.60. The fourth-order valence-corrected chi connectivity index (χ4v) is 2.32. The van der Waals surface area contributed by atoms with Crippen LogP contribution in [0, 0.1) is 25.2 Å². The largest absolute Gasteiger partial charge is 0.298 e. The molecule has 1 unspecified atom stereocenters. The first kappa shape index (κ1) is 16.4. The molecular weight excluding hydrogens is 246 g/mol. The van der Waals surface area contributed by atoms with E-state index in [0.29, 0.717) is 6.42 Å². The van der Waals surface area contributed by atoms with Crippen molar-refractivity contribution in [1.29, 1.82) is 5.26 Å². The molecule has 0 saturated heterocycles. The van der Waals surface area contributed by atoms with Crippen molar-refractivity contribution in [1.82, 2.24) is 0 Å². The van der Waals surface area contributed by atoms with Gasteiger partial charge in [0.15, 0.2) is 5.78 Å². The number of benzene rings is 1. The summed E-state index contributed by atoms with van der Waals surface area (Å²) in [5.74, 6) is -0.535. The molecule has 1 aromatic carbocycles. The fourth-order valence-electron chi connectivity index (χ4n) is 2.32. The Labute approximate surface area is 122 Å². The fraction of sp³-hybridized carbons (Fsp3) is 0.556. The molecule has 0 radical (unpaired) electrons. The monoisotopic (exact) mass is 271 g/mol. The number of ketones is 1. The number of carbonyl (C=O) groups excluding carboxylic acids is 1. The van der Waals surface area contributed by atoms with E-state index in [-0.39, 0.29) is 5.78 Å². The van der Waals surface area contributed by atoms with Gasteiger partial charge in [-0.25, -0.2) is 0 Å². The summed E-state index contributed by atoms with van der Waals surface area (Å²) < 4.78 is 0. The Bertz CT molecular complexity index is 485. The summed E-state index contributed by atoms with van der Waals surface area (Å²) in [6.07, 6.45) is 6.14. The number of rotatable bonds is 8. The SMILES string of the molecule is CCCCCCCC(=O)C(C#N)c1ccc(C)c(C)c1. The van der Waals surface area contributed by atoms with Crippen LogP contribution in [0.4, 0.5) is 0 Å². The highest BCUT2D eigenvalue weighted by atomic mass is 16.1. The molecule has 1 aromatic rings. The summed E-state index contributed by atoms with van der Waals surface area (Å²) in [5, 5.41) is 9.28. The van der Waals surface area contributed by atoms with Crippen molar-refractivity contribution in [3.63, 3.8) is 0 Å². The van der Waals surface area contributed by atoms with Gasteiger partial charge in [-0.3, -0.25) is 4.79 Å². The maximum Gasteiger partial charge on any atom is 0.154 e. The van der Waals surface area contributed by atoms with Crippen LogP contribution < -0.4 is 0 Å². The van der Waals surface area contributed by atoms with Gasteiger partial charge in [0.05, 0.1) is 6.07 Å². The van der Waals surface area contributed by atoms with Gasteiger partial charge in [-0.2, -0.15) is 5.26 Å². The summed E-state index contributed by atoms with van der Waals surface area (Å²) in [6, 6.07) is 8.04. The molecule has 0 spiro atoms. The number of nitriles is 1. The topological polar surface area (TPSA) is 40.9 Å². The van der Waals surface area contributed by atoms with Gasteiger partial charge in [-0.05, 0) is 37.0 Å². The van der Waals surface area contributed by atoms with E-state index >= 15 is 0 Å². The van der Waals surface area contributed by atoms with E-state index in [4.69, 9.17) is 0 Å². The zero-order valence-electron chi connectivity index (χ0n) is 12.9. The summed E-state index contributed by atoms with van der Waals surface area (Å²) in [7, 11) is 0. The van der Waals surface area contributed by atoms with Gasteiger partial charge in [0.2, 0.25) is 0 Å². The summed E-state index contributed by atoms with van der Waals surface area (Å²) in [5.41, 5.74) is 3.17. The van der Waals surface area contributed by atoms with E-state index < -0.39 is 5.92 Å². The molecule has 20 heavy (non-hydrogen) atoms. The molecule has 0 aliphatic heterocycles. The van der Waals surface area contributed by atoms with Crippen molar-refractivity contribution in [2.75, 3.05) is 0 Å². The molecule has 2 heteroatoms. The lowest BCUT2D eigenvalue weighted by Crippen LogP contribution is -2.11. The molecule has 0 saturated carbocycles. The summed E-state index contributed by atoms with van der Waals surface area (Å²) >= 11 is 0. The quantitative estimate of drug-likeness (QED) is 0.635. The second-order valence-corrected chi connectivity index (χ2v) is 5.54. The van der Waals surface area contributed by atoms with E-state index in [2.05, 4.69) is 13.0 Å². The van der Waals surface area contributed by atoms with Crippen LogP contribution in [0.5, 0.6) is 0 Å². The third kappa shape index (κ3) is 4.81. The number of nitrogens with zero attached hydrogens (tertiary/aromatic N) is 1. The lowest BCUT2D eigenvalue weighted by molar-refractivity contribution is -0.119. The molecule has 0 bridgehead atoms. The standard InChI is InChI=1S/C18H25NO/c1-4-5-6-7-8-9-18(20)17(13-19)16-11-10-14(2)15(3)12-16/h10-12,17H,4-9H2,1-3H3. The second kappa shape index (κ2) is 8.53. The molecule has 0 aliphatic carbocycles. The van der Waals surface area contributed by atoms with Gasteiger partial charge in [-0.15, -0.1) is 0 Å². The Morgan fingerprint density at radius 2 is 1.85 bits per heavy atom. The van der Waals surface area contributed by atoms with Crippen molar-refractivity contribution in [3.8, 4) is 6.07 Å². The van der Waals surface area contributed by atoms with Gasteiger partial charge in [0, 0.05) is 6.42 Å². The van der Waals surface area contributed by atoms with Crippen molar-refractivity contribution in [2.45, 2.75) is 65.2 Å². The first-order valence-corrected chi connectivity index (χ1v) is 7.59. The smallest absolute Gasteiger partial charge is 0.154 e. The number of carbonyl (C=O) groups is 1. The molecular formula is C18H25NO. The minimum Gasteiger partial charge on any atom is -0.298 e. The van der Waals surface area contributed by atoms with Crippen LogP contribution >= 0.6 is 0 Å². The zero-order chi connectivity index (χ0) is 15.0. The Balaban J connectivity index is 2.59. The molecule has 1 atom stereocenters. The number of unbranched alkanes of at least 4 members (excludes halogenated alkanes) is 4. The summed E-state index contributed by atoms with van der Waals surface area (Å²) in [4.78, 5) is 12.2. The molecule has 2 nitrogen and oxygen atoms in total. The van der Waals surface area contributed by atoms with Crippen molar-refractivity contribution in [3.05, 3.63) is 34.9 Å². The van der Waals surface area contributed by atoms with Crippen LogP contribution in [0.3, 0.4) is 0 Å². The van der Waals surface area contributed by atoms with Crippen LogP contribution in [0.1, 0.15) is 68.1 Å². The predicted molar refractivity (Wildman–Crippen MR) is 82.7 cm³/mol. The third-order valence-electron chi connectivity index (χ3n) is 3.84. The number of Topliss-reactive ketones (excluding diaryl/α,β-unsaturated/α-hetero) is 1. The van der Waals surface area contributed by atoms with E-state index in [1.165, 1.54) is 24.8 Å². The van der Waals surface area contributed by atoms with Crippen LogP contribution in [-0.4, -0.2) is 5.78 Å². The van der Waals surface area contributed by atoms with Crippen molar-refractivity contribution in [2.24, 2.45) is 0 Å². The van der Waals surface area contributed by atoms with Crippen molar-refractivity contribution < 1.29 is 4.79 Å². The highest BCUT2D eigenvalue weighted by Gasteiger charge is 2.19. The van der Waals surface area contributed by atoms with E-state index in [1.54, 1.807) is 0 Å². The van der Waals surface area contributed by atoms with E-state index in [0.717, 1.165) is 24.0 Å². The highest BCUT2D eigenvalue weighted by molar-refractivity contribution is 5.88. The van der Waals surface area contributed by atoms with Gasteiger partial charge in [0.1, 0.15) is 5.92 Å². The maximum absolute atomic E-state index is 12.2. The molecule has 0 amide bonds. The molecule has 108 valence electrons. The highest BCUT2D eigenvalue weighted by Crippen LogP contribution is 2.22. The first-order valence-electron chi connectivity index (χ1n) is 7.59. The van der Waals surface area contributed by atoms with Crippen LogP contribution in [0.2, 0.25) is 0 Å². The molecule has 1 rings (SSSR count). The number of aryl methyl sites for hydroxylation is 2. The van der Waals surface area contributed by atoms with Crippen LogP contribution in [0.15, 0.2) is 18.2 Å². The average molecular weight is 271 g/mol. The molecule has 0 fully saturated rings. The number of hydrogen-bond acceptors (Lipinski definition) is 2. The average Bonchev–Trinajstić information content (AvgIpc) is 2.43. The Morgan fingerprint density at radius 3 is 2.45 bits per heavy atom. The predicted octanol–water partition coefficient (Wildman–Crippen LogP) is 4.84. The summed E-state index contributed by atoms with van der Waals surface area (Å²) in [6.45, 7) is 6.23. The maximum atomic E-state index is 12.2. The minimum atomic E-state index is -0.597. The van der Waals surface area contributed by atoms with Gasteiger partial charge >= 0.3 is 0 Å². The van der Waals surface area contributed by atoms with Crippen LogP contribution in [-0.2, 0) is 4.79 Å². The van der Waals surface area contributed by atoms with Gasteiger partial charge < -0.3 is 0 Å². The van der Waals surface area contributed by atoms with Crippen molar-refractivity contribution >= 4 is 5.78 Å². The zero-order valence-corrected chi connectivity index (χ0v) is 12.9. The minimum absolute atomic E-state index is 0.0623.